The predicted molar refractivity (Wildman–Crippen MR) is 101 cm³/mol. The lowest BCUT2D eigenvalue weighted by Gasteiger charge is -2.22. The van der Waals surface area contributed by atoms with Gasteiger partial charge in [-0.1, -0.05) is 30.3 Å². The standard InChI is InChI=1S/C20H25N3O3/c1-26-18-9-7-17(8-10-18)20(25)22-15-19(24)23(14-12-21)13-11-16-5-3-2-4-6-16/h2-10H,11-15,21H2,1H3,(H,22,25). The molecule has 0 aliphatic carbocycles. The van der Waals surface area contributed by atoms with E-state index in [1.54, 1.807) is 36.3 Å². The van der Waals surface area contributed by atoms with Crippen LogP contribution < -0.4 is 15.8 Å². The quantitative estimate of drug-likeness (QED) is 0.713. The molecule has 0 aromatic heterocycles. The zero-order chi connectivity index (χ0) is 18.8. The first-order chi connectivity index (χ1) is 12.6. The number of hydrogen-bond acceptors (Lipinski definition) is 4. The highest BCUT2D eigenvalue weighted by Crippen LogP contribution is 2.11. The third-order valence-corrected chi connectivity index (χ3v) is 4.02. The highest BCUT2D eigenvalue weighted by molar-refractivity contribution is 5.96. The van der Waals surface area contributed by atoms with Crippen LogP contribution in [0.2, 0.25) is 0 Å². The second kappa shape index (κ2) is 10.2. The second-order valence-corrected chi connectivity index (χ2v) is 5.82. The van der Waals surface area contributed by atoms with E-state index in [0.717, 1.165) is 12.0 Å². The predicted octanol–water partition coefficient (Wildman–Crippen LogP) is 1.46. The maximum Gasteiger partial charge on any atom is 0.251 e. The molecule has 2 amide bonds. The van der Waals surface area contributed by atoms with E-state index in [1.165, 1.54) is 0 Å². The summed E-state index contributed by atoms with van der Waals surface area (Å²) in [5.41, 5.74) is 7.25. The van der Waals surface area contributed by atoms with Crippen LogP contribution >= 0.6 is 0 Å². The second-order valence-electron chi connectivity index (χ2n) is 5.82. The van der Waals surface area contributed by atoms with Crippen molar-refractivity contribution < 1.29 is 14.3 Å². The van der Waals surface area contributed by atoms with Crippen molar-refractivity contribution in [2.45, 2.75) is 6.42 Å². The van der Waals surface area contributed by atoms with Gasteiger partial charge in [0.15, 0.2) is 0 Å². The molecule has 0 unspecified atom stereocenters. The van der Waals surface area contributed by atoms with Gasteiger partial charge in [-0.25, -0.2) is 0 Å². The van der Waals surface area contributed by atoms with Crippen LogP contribution in [0.5, 0.6) is 5.75 Å². The zero-order valence-corrected chi connectivity index (χ0v) is 15.0. The summed E-state index contributed by atoms with van der Waals surface area (Å²) in [6, 6.07) is 16.7. The van der Waals surface area contributed by atoms with Gasteiger partial charge < -0.3 is 20.7 Å². The van der Waals surface area contributed by atoms with Gasteiger partial charge in [0.25, 0.3) is 5.91 Å². The van der Waals surface area contributed by atoms with Crippen LogP contribution in [0.3, 0.4) is 0 Å². The lowest BCUT2D eigenvalue weighted by molar-refractivity contribution is -0.130. The molecule has 2 rings (SSSR count). The molecule has 2 aromatic carbocycles. The van der Waals surface area contributed by atoms with Crippen LogP contribution in [-0.2, 0) is 11.2 Å². The number of amides is 2. The molecule has 6 nitrogen and oxygen atoms in total. The molecule has 0 aliphatic rings. The van der Waals surface area contributed by atoms with E-state index >= 15 is 0 Å². The summed E-state index contributed by atoms with van der Waals surface area (Å²) in [5, 5.41) is 2.66. The average molecular weight is 355 g/mol. The summed E-state index contributed by atoms with van der Waals surface area (Å²) in [6.45, 7) is 1.36. The first-order valence-corrected chi connectivity index (χ1v) is 8.58. The molecule has 0 spiro atoms. The molecule has 0 heterocycles. The fraction of sp³-hybridized carbons (Fsp3) is 0.300. The third-order valence-electron chi connectivity index (χ3n) is 4.02. The number of hydrogen-bond donors (Lipinski definition) is 2. The maximum atomic E-state index is 12.4. The molecule has 0 radical (unpaired) electrons. The van der Waals surface area contributed by atoms with Gasteiger partial charge in [-0.2, -0.15) is 0 Å². The van der Waals surface area contributed by atoms with Gasteiger partial charge in [-0.05, 0) is 36.2 Å². The van der Waals surface area contributed by atoms with Crippen molar-refractivity contribution in [1.29, 1.82) is 0 Å². The molecule has 2 aromatic rings. The number of nitrogens with one attached hydrogen (secondary N) is 1. The Morgan fingerprint density at radius 1 is 1.04 bits per heavy atom. The third kappa shape index (κ3) is 5.89. The number of nitrogens with two attached hydrogens (primary N) is 1. The monoisotopic (exact) mass is 355 g/mol. The number of ether oxygens (including phenoxy) is 1. The van der Waals surface area contributed by atoms with E-state index in [-0.39, 0.29) is 18.4 Å². The number of carbonyl (C=O) groups is 2. The molecule has 138 valence electrons. The van der Waals surface area contributed by atoms with Crippen molar-refractivity contribution in [3.8, 4) is 5.75 Å². The van der Waals surface area contributed by atoms with Crippen LogP contribution in [-0.4, -0.2) is 50.0 Å². The number of benzene rings is 2. The van der Waals surface area contributed by atoms with Crippen molar-refractivity contribution in [3.63, 3.8) is 0 Å². The summed E-state index contributed by atoms with van der Waals surface area (Å²) >= 11 is 0. The van der Waals surface area contributed by atoms with Crippen molar-refractivity contribution in [2.24, 2.45) is 5.73 Å². The summed E-state index contributed by atoms with van der Waals surface area (Å²) in [4.78, 5) is 26.3. The van der Waals surface area contributed by atoms with E-state index in [0.29, 0.717) is 30.9 Å². The lowest BCUT2D eigenvalue weighted by atomic mass is 10.1. The van der Waals surface area contributed by atoms with Crippen molar-refractivity contribution in [3.05, 3.63) is 65.7 Å². The Hall–Kier alpha value is -2.86. The molecule has 0 saturated heterocycles. The minimum Gasteiger partial charge on any atom is -0.497 e. The zero-order valence-electron chi connectivity index (χ0n) is 15.0. The van der Waals surface area contributed by atoms with Crippen LogP contribution in [0.1, 0.15) is 15.9 Å². The Kier molecular flexibility index (Phi) is 7.64. The van der Waals surface area contributed by atoms with Crippen molar-refractivity contribution >= 4 is 11.8 Å². The molecule has 0 bridgehead atoms. The minimum absolute atomic E-state index is 0.0559. The largest absolute Gasteiger partial charge is 0.497 e. The Morgan fingerprint density at radius 3 is 2.35 bits per heavy atom. The van der Waals surface area contributed by atoms with Gasteiger partial charge in [0, 0.05) is 25.2 Å². The van der Waals surface area contributed by atoms with E-state index in [4.69, 9.17) is 10.5 Å². The molecule has 0 saturated carbocycles. The molecule has 0 atom stereocenters. The summed E-state index contributed by atoms with van der Waals surface area (Å²) in [7, 11) is 1.56. The molecule has 3 N–H and O–H groups in total. The Morgan fingerprint density at radius 2 is 1.73 bits per heavy atom. The molecular weight excluding hydrogens is 330 g/mol. The van der Waals surface area contributed by atoms with Gasteiger partial charge in [-0.3, -0.25) is 9.59 Å². The summed E-state index contributed by atoms with van der Waals surface area (Å²) < 4.78 is 5.06. The fourth-order valence-electron chi connectivity index (χ4n) is 2.54. The molecule has 0 fully saturated rings. The van der Waals surface area contributed by atoms with Crippen molar-refractivity contribution in [1.82, 2.24) is 10.2 Å². The van der Waals surface area contributed by atoms with Crippen LogP contribution in [0.4, 0.5) is 0 Å². The molecular formula is C20H25N3O3. The fourth-order valence-corrected chi connectivity index (χ4v) is 2.54. The highest BCUT2D eigenvalue weighted by Gasteiger charge is 2.14. The maximum absolute atomic E-state index is 12.4. The van der Waals surface area contributed by atoms with Gasteiger partial charge in [0.1, 0.15) is 5.75 Å². The number of carbonyl (C=O) groups excluding carboxylic acids is 2. The van der Waals surface area contributed by atoms with Crippen LogP contribution in [0, 0.1) is 0 Å². The topological polar surface area (TPSA) is 84.7 Å². The first kappa shape index (κ1) is 19.5. The lowest BCUT2D eigenvalue weighted by Crippen LogP contribution is -2.43. The average Bonchev–Trinajstić information content (AvgIpc) is 2.69. The van der Waals surface area contributed by atoms with E-state index < -0.39 is 0 Å². The number of nitrogens with zero attached hydrogens (tertiary/aromatic N) is 1. The molecule has 0 aliphatic heterocycles. The number of methoxy groups -OCH3 is 1. The Balaban J connectivity index is 1.86. The van der Waals surface area contributed by atoms with Gasteiger partial charge in [0.2, 0.25) is 5.91 Å². The van der Waals surface area contributed by atoms with Gasteiger partial charge in [0.05, 0.1) is 13.7 Å². The smallest absolute Gasteiger partial charge is 0.251 e. The summed E-state index contributed by atoms with van der Waals surface area (Å²) in [5.74, 6) is 0.234. The van der Waals surface area contributed by atoms with E-state index in [2.05, 4.69) is 5.32 Å². The first-order valence-electron chi connectivity index (χ1n) is 8.58. The summed E-state index contributed by atoms with van der Waals surface area (Å²) in [6.07, 6.45) is 0.749. The Labute approximate surface area is 153 Å². The van der Waals surface area contributed by atoms with Gasteiger partial charge >= 0.3 is 0 Å². The highest BCUT2D eigenvalue weighted by atomic mass is 16.5. The van der Waals surface area contributed by atoms with Gasteiger partial charge in [-0.15, -0.1) is 0 Å². The molecule has 6 heteroatoms. The van der Waals surface area contributed by atoms with E-state index in [1.807, 2.05) is 30.3 Å². The normalized spacial score (nSPS) is 10.2. The van der Waals surface area contributed by atoms with Crippen LogP contribution in [0.25, 0.3) is 0 Å². The SMILES string of the molecule is COc1ccc(C(=O)NCC(=O)N(CCN)CCc2ccccc2)cc1. The minimum atomic E-state index is -0.295. The van der Waals surface area contributed by atoms with Crippen molar-refractivity contribution in [2.75, 3.05) is 33.3 Å². The molecule has 26 heavy (non-hydrogen) atoms. The number of rotatable bonds is 9. The van der Waals surface area contributed by atoms with Crippen LogP contribution in [0.15, 0.2) is 54.6 Å². The Bertz CT molecular complexity index is 702. The van der Waals surface area contributed by atoms with E-state index in [9.17, 15) is 9.59 Å².